The molecule has 0 aliphatic carbocycles. The van der Waals surface area contributed by atoms with Gasteiger partial charge in [-0.3, -0.25) is 9.69 Å². The summed E-state index contributed by atoms with van der Waals surface area (Å²) < 4.78 is 6.77. The maximum absolute atomic E-state index is 12.9. The van der Waals surface area contributed by atoms with Crippen LogP contribution >= 0.6 is 35.6 Å². The van der Waals surface area contributed by atoms with E-state index in [2.05, 4.69) is 6.07 Å². The van der Waals surface area contributed by atoms with E-state index in [0.717, 1.165) is 34.1 Å². The van der Waals surface area contributed by atoms with Crippen LogP contribution in [0.4, 0.5) is 0 Å². The van der Waals surface area contributed by atoms with Crippen LogP contribution in [0.2, 0.25) is 5.02 Å². The molecule has 3 nitrogen and oxygen atoms in total. The van der Waals surface area contributed by atoms with E-state index in [0.29, 0.717) is 27.4 Å². The molecule has 0 bridgehead atoms. The number of nitrogens with zero attached hydrogens (tertiary/aromatic N) is 1. The fraction of sp³-hybridized carbons (Fsp3) is 0.167. The summed E-state index contributed by atoms with van der Waals surface area (Å²) in [5.41, 5.74) is 1.91. The Morgan fingerprint density at radius 1 is 1.10 bits per heavy atom. The smallest absolute Gasteiger partial charge is 0.266 e. The predicted octanol–water partition coefficient (Wildman–Crippen LogP) is 6.68. The largest absolute Gasteiger partial charge is 0.488 e. The third-order valence-corrected chi connectivity index (χ3v) is 6.46. The number of thiocarbonyl (C=S) groups is 1. The van der Waals surface area contributed by atoms with Gasteiger partial charge in [0.15, 0.2) is 0 Å². The molecular formula is C24H20ClNO2S2. The molecule has 0 unspecified atom stereocenters. The minimum Gasteiger partial charge on any atom is -0.488 e. The summed E-state index contributed by atoms with van der Waals surface area (Å²) in [5, 5.41) is 2.82. The molecule has 152 valence electrons. The van der Waals surface area contributed by atoms with Crippen molar-refractivity contribution in [3.05, 3.63) is 81.7 Å². The van der Waals surface area contributed by atoms with E-state index in [9.17, 15) is 4.79 Å². The first kappa shape index (κ1) is 20.9. The molecule has 0 saturated carbocycles. The van der Waals surface area contributed by atoms with E-state index in [4.69, 9.17) is 28.6 Å². The molecule has 30 heavy (non-hydrogen) atoms. The van der Waals surface area contributed by atoms with Crippen LogP contribution < -0.4 is 4.74 Å². The van der Waals surface area contributed by atoms with Gasteiger partial charge in [0.2, 0.25) is 0 Å². The van der Waals surface area contributed by atoms with E-state index in [1.807, 2.05) is 67.6 Å². The third kappa shape index (κ3) is 4.38. The molecule has 1 amide bonds. The number of rotatable bonds is 6. The number of amides is 1. The van der Waals surface area contributed by atoms with Crippen molar-refractivity contribution in [2.75, 3.05) is 6.54 Å². The quantitative estimate of drug-likeness (QED) is 0.307. The average Bonchev–Trinajstić information content (AvgIpc) is 3.02. The Hall–Kier alpha value is -2.34. The predicted molar refractivity (Wildman–Crippen MR) is 130 cm³/mol. The van der Waals surface area contributed by atoms with Gasteiger partial charge in [-0.1, -0.05) is 85.0 Å². The number of halogens is 1. The second-order valence-corrected chi connectivity index (χ2v) is 9.06. The van der Waals surface area contributed by atoms with Gasteiger partial charge in [-0.15, -0.1) is 0 Å². The molecule has 4 rings (SSSR count). The number of carbonyl (C=O) groups excluding carboxylic acids is 1. The summed E-state index contributed by atoms with van der Waals surface area (Å²) in [6, 6.07) is 19.7. The Morgan fingerprint density at radius 2 is 1.87 bits per heavy atom. The average molecular weight is 454 g/mol. The summed E-state index contributed by atoms with van der Waals surface area (Å²) in [7, 11) is 0. The van der Waals surface area contributed by atoms with Crippen molar-refractivity contribution in [2.45, 2.75) is 20.0 Å². The lowest BCUT2D eigenvalue weighted by Gasteiger charge is -2.13. The van der Waals surface area contributed by atoms with Gasteiger partial charge < -0.3 is 4.74 Å². The molecule has 3 aromatic carbocycles. The number of fused-ring (bicyclic) bond motifs is 1. The Morgan fingerprint density at radius 3 is 2.63 bits per heavy atom. The summed E-state index contributed by atoms with van der Waals surface area (Å²) in [5.74, 6) is 0.688. The van der Waals surface area contributed by atoms with Crippen molar-refractivity contribution in [3.63, 3.8) is 0 Å². The van der Waals surface area contributed by atoms with Crippen molar-refractivity contribution in [1.82, 2.24) is 4.90 Å². The highest BCUT2D eigenvalue weighted by Crippen LogP contribution is 2.37. The Kier molecular flexibility index (Phi) is 6.42. The zero-order chi connectivity index (χ0) is 21.1. The van der Waals surface area contributed by atoms with Crippen LogP contribution in [0.3, 0.4) is 0 Å². The van der Waals surface area contributed by atoms with E-state index in [1.54, 1.807) is 4.90 Å². The van der Waals surface area contributed by atoms with Gasteiger partial charge in [0.05, 0.1) is 4.91 Å². The molecular weight excluding hydrogens is 434 g/mol. The maximum Gasteiger partial charge on any atom is 0.266 e. The van der Waals surface area contributed by atoms with Gasteiger partial charge in [0.25, 0.3) is 5.91 Å². The number of thioether (sulfide) groups is 1. The van der Waals surface area contributed by atoms with Gasteiger partial charge in [-0.05, 0) is 47.0 Å². The minimum atomic E-state index is -0.0385. The molecule has 1 fully saturated rings. The lowest BCUT2D eigenvalue weighted by molar-refractivity contribution is -0.122. The van der Waals surface area contributed by atoms with Crippen LogP contribution in [0, 0.1) is 0 Å². The fourth-order valence-electron chi connectivity index (χ4n) is 3.34. The van der Waals surface area contributed by atoms with Crippen LogP contribution in [-0.2, 0) is 11.4 Å². The Balaban J connectivity index is 1.71. The standard InChI is InChI=1S/C24H20ClNO2S2/c1-2-13-26-23(27)22(30-24(26)29)14-20-19-6-4-3-5-17(19)9-12-21(20)28-15-16-7-10-18(25)11-8-16/h3-12,14H,2,13,15H2,1H3/b22-14-. The van der Waals surface area contributed by atoms with Crippen molar-refractivity contribution >= 4 is 62.7 Å². The molecule has 1 saturated heterocycles. The lowest BCUT2D eigenvalue weighted by atomic mass is 10.0. The van der Waals surface area contributed by atoms with Gasteiger partial charge in [0, 0.05) is 17.1 Å². The maximum atomic E-state index is 12.9. The Labute approximate surface area is 190 Å². The molecule has 1 heterocycles. The second-order valence-electron chi connectivity index (χ2n) is 6.95. The number of benzene rings is 3. The number of hydrogen-bond donors (Lipinski definition) is 0. The van der Waals surface area contributed by atoms with Gasteiger partial charge >= 0.3 is 0 Å². The molecule has 0 spiro atoms. The molecule has 6 heteroatoms. The SMILES string of the molecule is CCCN1C(=O)/C(=C/c2c(OCc3ccc(Cl)cc3)ccc3ccccc23)SC1=S. The first-order valence-electron chi connectivity index (χ1n) is 9.71. The van der Waals surface area contributed by atoms with Crippen LogP contribution in [0.1, 0.15) is 24.5 Å². The van der Waals surface area contributed by atoms with Crippen molar-refractivity contribution in [1.29, 1.82) is 0 Å². The topological polar surface area (TPSA) is 29.5 Å². The minimum absolute atomic E-state index is 0.0385. The molecule has 0 atom stereocenters. The van der Waals surface area contributed by atoms with Crippen molar-refractivity contribution < 1.29 is 9.53 Å². The zero-order valence-electron chi connectivity index (χ0n) is 16.4. The van der Waals surface area contributed by atoms with E-state index < -0.39 is 0 Å². The number of hydrogen-bond acceptors (Lipinski definition) is 4. The Bertz CT molecular complexity index is 1140. The monoisotopic (exact) mass is 453 g/mol. The normalized spacial score (nSPS) is 15.4. The second kappa shape index (κ2) is 9.21. The van der Waals surface area contributed by atoms with Crippen LogP contribution in [0.25, 0.3) is 16.8 Å². The summed E-state index contributed by atoms with van der Waals surface area (Å²) in [4.78, 5) is 15.2. The summed E-state index contributed by atoms with van der Waals surface area (Å²) >= 11 is 12.7. The van der Waals surface area contributed by atoms with Crippen molar-refractivity contribution in [2.24, 2.45) is 0 Å². The van der Waals surface area contributed by atoms with Gasteiger partial charge in [-0.2, -0.15) is 0 Å². The zero-order valence-corrected chi connectivity index (χ0v) is 18.8. The van der Waals surface area contributed by atoms with Crippen LogP contribution in [0.15, 0.2) is 65.6 Å². The highest BCUT2D eigenvalue weighted by Gasteiger charge is 2.31. The van der Waals surface area contributed by atoms with Crippen LogP contribution in [0.5, 0.6) is 5.75 Å². The fourth-order valence-corrected chi connectivity index (χ4v) is 4.76. The van der Waals surface area contributed by atoms with E-state index >= 15 is 0 Å². The first-order chi connectivity index (χ1) is 14.6. The van der Waals surface area contributed by atoms with E-state index in [1.165, 1.54) is 11.8 Å². The summed E-state index contributed by atoms with van der Waals surface area (Å²) in [6.07, 6.45) is 2.78. The molecule has 0 aromatic heterocycles. The van der Waals surface area contributed by atoms with E-state index in [-0.39, 0.29) is 5.91 Å². The highest BCUT2D eigenvalue weighted by atomic mass is 35.5. The van der Waals surface area contributed by atoms with Crippen molar-refractivity contribution in [3.8, 4) is 5.75 Å². The highest BCUT2D eigenvalue weighted by molar-refractivity contribution is 8.26. The molecule has 1 aliphatic heterocycles. The first-order valence-corrected chi connectivity index (χ1v) is 11.3. The molecule has 1 aliphatic rings. The lowest BCUT2D eigenvalue weighted by Crippen LogP contribution is -2.28. The molecule has 3 aromatic rings. The van der Waals surface area contributed by atoms with Gasteiger partial charge in [-0.25, -0.2) is 0 Å². The molecule has 0 N–H and O–H groups in total. The molecule has 0 radical (unpaired) electrons. The summed E-state index contributed by atoms with van der Waals surface area (Å²) in [6.45, 7) is 3.08. The number of ether oxygens (including phenoxy) is 1. The third-order valence-electron chi connectivity index (χ3n) is 4.83. The number of carbonyl (C=O) groups is 1. The van der Waals surface area contributed by atoms with Crippen LogP contribution in [-0.4, -0.2) is 21.7 Å². The van der Waals surface area contributed by atoms with Gasteiger partial charge in [0.1, 0.15) is 16.7 Å².